The summed E-state index contributed by atoms with van der Waals surface area (Å²) in [4.78, 5) is 16.5. The van der Waals surface area contributed by atoms with E-state index in [1.165, 1.54) is 0 Å². The molecule has 1 aromatic heterocycles. The van der Waals surface area contributed by atoms with Crippen LogP contribution in [-0.4, -0.2) is 27.3 Å². The molecule has 29 heavy (non-hydrogen) atoms. The number of alkyl halides is 4. The number of imidazole rings is 1. The van der Waals surface area contributed by atoms with E-state index in [1.807, 2.05) is 13.0 Å². The van der Waals surface area contributed by atoms with Crippen molar-refractivity contribution in [2.24, 2.45) is 5.92 Å². The molecule has 0 spiro atoms. The molecular formula is C19H17F5N4O. The predicted molar refractivity (Wildman–Crippen MR) is 93.2 cm³/mol. The van der Waals surface area contributed by atoms with Gasteiger partial charge in [-0.05, 0) is 32.3 Å². The molecule has 2 aliphatic rings. The predicted octanol–water partition coefficient (Wildman–Crippen LogP) is 4.57. The van der Waals surface area contributed by atoms with Gasteiger partial charge >= 0.3 is 11.8 Å². The summed E-state index contributed by atoms with van der Waals surface area (Å²) in [5.41, 5.74) is 0.0255. The molecule has 1 unspecified atom stereocenters. The molecule has 0 aliphatic heterocycles. The second-order valence-electron chi connectivity index (χ2n) is 8.03. The third-order valence-electron chi connectivity index (χ3n) is 5.99. The number of anilines is 1. The highest BCUT2D eigenvalue weighted by Crippen LogP contribution is 2.56. The van der Waals surface area contributed by atoms with E-state index in [-0.39, 0.29) is 17.0 Å². The van der Waals surface area contributed by atoms with Gasteiger partial charge in [-0.2, -0.15) is 22.8 Å². The molecule has 2 fully saturated rings. The minimum absolute atomic E-state index is 0.0105. The zero-order valence-corrected chi connectivity index (χ0v) is 15.4. The fourth-order valence-corrected chi connectivity index (χ4v) is 4.12. The second kappa shape index (κ2) is 6.15. The third-order valence-corrected chi connectivity index (χ3v) is 5.99. The van der Waals surface area contributed by atoms with E-state index in [0.29, 0.717) is 5.52 Å². The number of benzene rings is 1. The Bertz CT molecular complexity index is 1050. The van der Waals surface area contributed by atoms with Crippen LogP contribution in [0, 0.1) is 23.1 Å². The maximum atomic E-state index is 13.8. The van der Waals surface area contributed by atoms with Gasteiger partial charge in [-0.3, -0.25) is 10.1 Å². The number of hydrogen-bond acceptors (Lipinski definition) is 3. The minimum atomic E-state index is -4.23. The zero-order chi connectivity index (χ0) is 21.2. The number of nitrogens with zero attached hydrogens (tertiary/aromatic N) is 3. The van der Waals surface area contributed by atoms with Gasteiger partial charge in [0.25, 0.3) is 0 Å². The van der Waals surface area contributed by atoms with Crippen LogP contribution in [0.5, 0.6) is 0 Å². The van der Waals surface area contributed by atoms with Gasteiger partial charge in [0.1, 0.15) is 11.9 Å². The Labute approximate surface area is 162 Å². The number of aromatic nitrogens is 2. The van der Waals surface area contributed by atoms with Crippen LogP contribution in [0.4, 0.5) is 27.9 Å². The van der Waals surface area contributed by atoms with E-state index in [4.69, 9.17) is 0 Å². The van der Waals surface area contributed by atoms with E-state index in [0.717, 1.165) is 31.4 Å². The lowest BCUT2D eigenvalue weighted by molar-refractivity contribution is -0.313. The van der Waals surface area contributed by atoms with E-state index in [1.54, 1.807) is 4.57 Å². The Balaban J connectivity index is 1.68. The minimum Gasteiger partial charge on any atom is -0.303 e. The number of amides is 1. The van der Waals surface area contributed by atoms with Gasteiger partial charge in [-0.1, -0.05) is 0 Å². The average molecular weight is 412 g/mol. The van der Waals surface area contributed by atoms with Crippen molar-refractivity contribution >= 4 is 22.9 Å². The first-order valence-electron chi connectivity index (χ1n) is 9.16. The SMILES string of the molecule is CC1(n2c(NC(=O)CC3CC(F)(F)C3(F)F)nc3cc(F)cc(C#N)c32)CCC1. The number of halogens is 5. The van der Waals surface area contributed by atoms with E-state index < -0.39 is 47.9 Å². The highest BCUT2D eigenvalue weighted by atomic mass is 19.3. The first kappa shape index (κ1) is 19.6. The summed E-state index contributed by atoms with van der Waals surface area (Å²) in [5.74, 6) is -11.7. The maximum absolute atomic E-state index is 13.8. The molecule has 1 aromatic carbocycles. The number of hydrogen-bond donors (Lipinski definition) is 1. The Hall–Kier alpha value is -2.70. The molecule has 4 rings (SSSR count). The molecular weight excluding hydrogens is 395 g/mol. The average Bonchev–Trinajstić information content (AvgIpc) is 2.96. The van der Waals surface area contributed by atoms with Gasteiger partial charge in [0, 0.05) is 30.4 Å². The Morgan fingerprint density at radius 1 is 1.34 bits per heavy atom. The van der Waals surface area contributed by atoms with Crippen LogP contribution in [0.15, 0.2) is 12.1 Å². The van der Waals surface area contributed by atoms with Crippen molar-refractivity contribution in [3.8, 4) is 6.07 Å². The Kier molecular flexibility index (Phi) is 4.16. The largest absolute Gasteiger partial charge is 0.313 e. The molecule has 0 bridgehead atoms. The summed E-state index contributed by atoms with van der Waals surface area (Å²) >= 11 is 0. The van der Waals surface area contributed by atoms with Crippen LogP contribution in [0.1, 0.15) is 44.6 Å². The van der Waals surface area contributed by atoms with Crippen LogP contribution in [0.3, 0.4) is 0 Å². The summed E-state index contributed by atoms with van der Waals surface area (Å²) in [6, 6.07) is 4.09. The van der Waals surface area contributed by atoms with Crippen LogP contribution in [0.2, 0.25) is 0 Å². The van der Waals surface area contributed by atoms with Gasteiger partial charge in [-0.15, -0.1) is 0 Å². The van der Waals surface area contributed by atoms with Crippen LogP contribution in [0.25, 0.3) is 11.0 Å². The van der Waals surface area contributed by atoms with Crippen LogP contribution in [-0.2, 0) is 10.3 Å². The summed E-state index contributed by atoms with van der Waals surface area (Å²) in [6.45, 7) is 1.89. The monoisotopic (exact) mass is 412 g/mol. The highest BCUT2D eigenvalue weighted by Gasteiger charge is 2.71. The van der Waals surface area contributed by atoms with Crippen molar-refractivity contribution in [3.63, 3.8) is 0 Å². The van der Waals surface area contributed by atoms with Crippen molar-refractivity contribution < 1.29 is 26.7 Å². The molecule has 2 aromatic rings. The number of rotatable bonds is 4. The van der Waals surface area contributed by atoms with E-state index >= 15 is 0 Å². The van der Waals surface area contributed by atoms with Crippen LogP contribution >= 0.6 is 0 Å². The first-order chi connectivity index (χ1) is 13.5. The standard InChI is InChI=1S/C19H17F5N4O/c1-17(3-2-4-17)28-15-10(9-25)5-12(20)7-13(15)26-16(28)27-14(29)6-11-8-18(21,22)19(11,23)24/h5,7,11H,2-4,6,8H2,1H3,(H,26,27,29). The quantitative estimate of drug-likeness (QED) is 0.748. The molecule has 2 saturated carbocycles. The highest BCUT2D eigenvalue weighted by molar-refractivity contribution is 5.93. The molecule has 1 atom stereocenters. The zero-order valence-electron chi connectivity index (χ0n) is 15.4. The smallest absolute Gasteiger partial charge is 0.303 e. The number of nitrogens with one attached hydrogen (secondary N) is 1. The maximum Gasteiger partial charge on any atom is 0.313 e. The lowest BCUT2D eigenvalue weighted by atomic mass is 9.74. The Morgan fingerprint density at radius 3 is 2.55 bits per heavy atom. The van der Waals surface area contributed by atoms with Crippen LogP contribution < -0.4 is 5.32 Å². The fourth-order valence-electron chi connectivity index (χ4n) is 4.12. The molecule has 10 heteroatoms. The van der Waals surface area contributed by atoms with Gasteiger partial charge in [0.2, 0.25) is 11.9 Å². The molecule has 1 heterocycles. The van der Waals surface area contributed by atoms with E-state index in [9.17, 15) is 32.0 Å². The molecule has 1 amide bonds. The molecule has 2 aliphatic carbocycles. The second-order valence-corrected chi connectivity index (χ2v) is 8.03. The molecule has 5 nitrogen and oxygen atoms in total. The lowest BCUT2D eigenvalue weighted by Gasteiger charge is -2.43. The van der Waals surface area contributed by atoms with Crippen molar-refractivity contribution in [3.05, 3.63) is 23.5 Å². The molecule has 154 valence electrons. The van der Waals surface area contributed by atoms with Gasteiger partial charge < -0.3 is 4.57 Å². The summed E-state index contributed by atoms with van der Waals surface area (Å²) < 4.78 is 68.5. The third kappa shape index (κ3) is 2.86. The number of carbonyl (C=O) groups excluding carboxylic acids is 1. The Morgan fingerprint density at radius 2 is 2.03 bits per heavy atom. The molecule has 0 radical (unpaired) electrons. The van der Waals surface area contributed by atoms with Crippen molar-refractivity contribution in [1.29, 1.82) is 5.26 Å². The molecule has 0 saturated heterocycles. The van der Waals surface area contributed by atoms with Gasteiger partial charge in [0.05, 0.1) is 16.6 Å². The molecule has 1 N–H and O–H groups in total. The fraction of sp³-hybridized carbons (Fsp3) is 0.526. The van der Waals surface area contributed by atoms with Crippen molar-refractivity contribution in [1.82, 2.24) is 9.55 Å². The first-order valence-corrected chi connectivity index (χ1v) is 9.16. The summed E-state index contributed by atoms with van der Waals surface area (Å²) in [6.07, 6.45) is 0.482. The summed E-state index contributed by atoms with van der Waals surface area (Å²) in [5, 5.41) is 11.8. The summed E-state index contributed by atoms with van der Waals surface area (Å²) in [7, 11) is 0. The number of nitriles is 1. The normalized spacial score (nSPS) is 23.7. The van der Waals surface area contributed by atoms with Gasteiger partial charge in [-0.25, -0.2) is 9.37 Å². The van der Waals surface area contributed by atoms with Gasteiger partial charge in [0.15, 0.2) is 0 Å². The van der Waals surface area contributed by atoms with Crippen molar-refractivity contribution in [2.45, 2.75) is 56.4 Å². The van der Waals surface area contributed by atoms with Crippen molar-refractivity contribution in [2.75, 3.05) is 5.32 Å². The number of carbonyl (C=O) groups is 1. The van der Waals surface area contributed by atoms with E-state index in [2.05, 4.69) is 10.3 Å². The number of fused-ring (bicyclic) bond motifs is 1. The topological polar surface area (TPSA) is 70.7 Å². The lowest BCUT2D eigenvalue weighted by Crippen LogP contribution is -2.59.